The molecule has 0 saturated heterocycles. The predicted octanol–water partition coefficient (Wildman–Crippen LogP) is 9.42. The minimum atomic E-state index is -0.300. The summed E-state index contributed by atoms with van der Waals surface area (Å²) < 4.78 is 0. The molecule has 0 spiro atoms. The Hall–Kier alpha value is -2.22. The Balaban J connectivity index is 0.00000267. The van der Waals surface area contributed by atoms with Crippen molar-refractivity contribution in [2.24, 2.45) is 5.41 Å². The van der Waals surface area contributed by atoms with Gasteiger partial charge in [-0.05, 0) is 76.4 Å². The molecule has 0 fully saturated rings. The fraction of sp³-hybridized carbons (Fsp3) is 0.235. The van der Waals surface area contributed by atoms with Crippen LogP contribution in [-0.2, 0) is 25.8 Å². The second-order valence-corrected chi connectivity index (χ2v) is 10.9. The van der Waals surface area contributed by atoms with Gasteiger partial charge in [0.1, 0.15) is 0 Å². The number of halogens is 1. The first-order valence-electron chi connectivity index (χ1n) is 12.6. The maximum Gasteiger partial charge on any atom is 0.0542 e. The Kier molecular flexibility index (Phi) is 6.77. The first-order chi connectivity index (χ1) is 17.0. The van der Waals surface area contributed by atoms with E-state index in [2.05, 4.69) is 125 Å². The summed E-state index contributed by atoms with van der Waals surface area (Å²) in [4.78, 5) is 0. The third kappa shape index (κ3) is 3.57. The second-order valence-electron chi connectivity index (χ2n) is 10.4. The molecule has 4 aromatic carbocycles. The van der Waals surface area contributed by atoms with E-state index in [9.17, 15) is 0 Å². The van der Waals surface area contributed by atoms with Crippen molar-refractivity contribution in [2.45, 2.75) is 44.9 Å². The average molecular weight is 654 g/mol. The third-order valence-corrected chi connectivity index (χ3v) is 9.15. The maximum absolute atomic E-state index is 7.81. The molecular weight excluding hydrogens is 622 g/mol. The van der Waals surface area contributed by atoms with E-state index in [1.165, 1.54) is 55.6 Å². The molecule has 0 nitrogen and oxygen atoms in total. The van der Waals surface area contributed by atoms with Crippen LogP contribution in [-0.4, -0.2) is 5.38 Å². The molecule has 2 heteroatoms. The molecule has 2 aliphatic rings. The van der Waals surface area contributed by atoms with Gasteiger partial charge in [0.15, 0.2) is 0 Å². The molecule has 0 radical (unpaired) electrons. The molecule has 0 aliphatic heterocycles. The Labute approximate surface area is 239 Å². The van der Waals surface area contributed by atoms with E-state index in [0.29, 0.717) is 0 Å². The van der Waals surface area contributed by atoms with Crippen LogP contribution in [0.3, 0.4) is 0 Å². The largest absolute Gasteiger partial charge is 0.121 e. The molecule has 2 aliphatic carbocycles. The molecule has 0 saturated carbocycles. The number of aryl methyl sites for hydroxylation is 2. The van der Waals surface area contributed by atoms with Crippen molar-refractivity contribution in [3.8, 4) is 22.3 Å². The normalized spacial score (nSPS) is 19.6. The van der Waals surface area contributed by atoms with Crippen LogP contribution in [0.5, 0.6) is 0 Å². The van der Waals surface area contributed by atoms with E-state index >= 15 is 0 Å². The van der Waals surface area contributed by atoms with Gasteiger partial charge in [0.25, 0.3) is 0 Å². The zero-order valence-electron chi connectivity index (χ0n) is 21.3. The molecule has 178 valence electrons. The Morgan fingerprint density at radius 2 is 1.19 bits per heavy atom. The van der Waals surface area contributed by atoms with Crippen molar-refractivity contribution >= 4 is 11.6 Å². The summed E-state index contributed by atoms with van der Waals surface area (Å²) in [5.74, 6) is 0.319. The van der Waals surface area contributed by atoms with Crippen LogP contribution in [0.15, 0.2) is 97.1 Å². The van der Waals surface area contributed by atoms with Gasteiger partial charge in [-0.1, -0.05) is 104 Å². The van der Waals surface area contributed by atoms with E-state index in [0.717, 1.165) is 0 Å². The monoisotopic (exact) mass is 654 g/mol. The van der Waals surface area contributed by atoms with E-state index in [4.69, 9.17) is 11.6 Å². The Bertz CT molecular complexity index is 1480. The summed E-state index contributed by atoms with van der Waals surface area (Å²) in [5.41, 5.74) is 13.3. The van der Waals surface area contributed by atoms with E-state index in [-0.39, 0.29) is 48.5 Å². The van der Waals surface area contributed by atoms with Gasteiger partial charge in [-0.25, -0.2) is 0 Å². The molecule has 0 amide bonds. The average Bonchev–Trinajstić information content (AvgIpc) is 3.39. The molecule has 0 heterocycles. The van der Waals surface area contributed by atoms with E-state index in [1.54, 1.807) is 0 Å². The van der Waals surface area contributed by atoms with Crippen molar-refractivity contribution in [3.05, 3.63) is 130 Å². The van der Waals surface area contributed by atoms with Gasteiger partial charge in [-0.15, -0.1) is 11.6 Å². The summed E-state index contributed by atoms with van der Waals surface area (Å²) in [5, 5.41) is -0.134. The van der Waals surface area contributed by atoms with Crippen LogP contribution < -0.4 is 0 Å². The number of allylic oxidation sites excluding steroid dienone is 2. The second kappa shape index (κ2) is 9.58. The van der Waals surface area contributed by atoms with Gasteiger partial charge < -0.3 is 0 Å². The van der Waals surface area contributed by atoms with Crippen LogP contribution in [0.25, 0.3) is 22.3 Å². The molecule has 4 atom stereocenters. The van der Waals surface area contributed by atoms with Crippen LogP contribution in [0.2, 0.25) is 0 Å². The summed E-state index contributed by atoms with van der Waals surface area (Å²) in [6.45, 7) is 9.00. The quantitative estimate of drug-likeness (QED) is 0.117. The molecule has 0 aromatic heterocycles. The zero-order valence-corrected chi connectivity index (χ0v) is 25.7. The number of alkyl halides is 1. The van der Waals surface area contributed by atoms with Gasteiger partial charge in [-0.2, -0.15) is 0 Å². The van der Waals surface area contributed by atoms with Gasteiger partial charge in [0.05, 0.1) is 5.38 Å². The van der Waals surface area contributed by atoms with Gasteiger partial charge in [0, 0.05) is 43.1 Å². The predicted molar refractivity (Wildman–Crippen MR) is 149 cm³/mol. The van der Waals surface area contributed by atoms with Crippen molar-refractivity contribution in [1.29, 1.82) is 0 Å². The number of hydrogen-bond acceptors (Lipinski definition) is 0. The third-order valence-electron chi connectivity index (χ3n) is 8.43. The zero-order chi connectivity index (χ0) is 24.3. The van der Waals surface area contributed by atoms with Crippen LogP contribution >= 0.6 is 11.6 Å². The van der Waals surface area contributed by atoms with Gasteiger partial charge in [0.2, 0.25) is 0 Å². The minimum absolute atomic E-state index is 0. The molecule has 0 bridgehead atoms. The van der Waals surface area contributed by atoms with E-state index < -0.39 is 0 Å². The Morgan fingerprint density at radius 1 is 0.694 bits per heavy atom. The summed E-state index contributed by atoms with van der Waals surface area (Å²) in [6.07, 6.45) is 4.58. The SMILES string of the molecule is CC=CC(C)(C1c2ccccc2-c2cccc(C)c21)C(Cl)C1c2ccccc2-c2cccc(C)c21.[Hf]. The Morgan fingerprint density at radius 3 is 1.83 bits per heavy atom. The molecule has 6 rings (SSSR count). The van der Waals surface area contributed by atoms with E-state index in [1.807, 2.05) is 0 Å². The number of benzene rings is 4. The number of rotatable bonds is 4. The standard InChI is InChI=1S/C34H31Cl.Hf/c1-5-20-34(4,32-28-17-9-7-15-24(28)26-19-11-13-22(3)30(26)32)33(35)31-27-16-8-6-14-23(27)25-18-10-12-21(2)29(25)31;/h5-20,31-33H,1-4H3;. The fourth-order valence-electron chi connectivity index (χ4n) is 6.96. The number of hydrogen-bond donors (Lipinski definition) is 0. The van der Waals surface area contributed by atoms with Crippen LogP contribution in [0.1, 0.15) is 59.1 Å². The topological polar surface area (TPSA) is 0 Å². The molecule has 0 N–H and O–H groups in total. The summed E-state index contributed by atoms with van der Waals surface area (Å²) >= 11 is 7.81. The summed E-state index contributed by atoms with van der Waals surface area (Å²) in [6, 6.07) is 31.2. The maximum atomic E-state index is 7.81. The van der Waals surface area contributed by atoms with Crippen LogP contribution in [0.4, 0.5) is 0 Å². The van der Waals surface area contributed by atoms with Gasteiger partial charge in [-0.3, -0.25) is 0 Å². The smallest absolute Gasteiger partial charge is 0.0542 e. The molecule has 4 unspecified atom stereocenters. The van der Waals surface area contributed by atoms with Crippen molar-refractivity contribution in [3.63, 3.8) is 0 Å². The minimum Gasteiger partial charge on any atom is -0.121 e. The fourth-order valence-corrected chi connectivity index (χ4v) is 7.42. The van der Waals surface area contributed by atoms with Crippen molar-refractivity contribution in [2.75, 3.05) is 0 Å². The summed E-state index contributed by atoms with van der Waals surface area (Å²) in [7, 11) is 0. The number of fused-ring (bicyclic) bond motifs is 6. The first kappa shape index (κ1) is 25.4. The first-order valence-corrected chi connectivity index (χ1v) is 13.1. The van der Waals surface area contributed by atoms with Crippen LogP contribution in [0, 0.1) is 19.3 Å². The molecular formula is C34H31ClHf. The molecule has 36 heavy (non-hydrogen) atoms. The van der Waals surface area contributed by atoms with Crippen molar-refractivity contribution < 1.29 is 25.8 Å². The molecule has 4 aromatic rings. The van der Waals surface area contributed by atoms with Gasteiger partial charge >= 0.3 is 0 Å². The van der Waals surface area contributed by atoms with Crippen molar-refractivity contribution in [1.82, 2.24) is 0 Å².